The highest BCUT2D eigenvalue weighted by atomic mass is 16.5. The molecule has 4 nitrogen and oxygen atoms in total. The molecule has 2 N–H and O–H groups in total. The molecule has 0 heterocycles. The molecular formula is C15H23NO3. The fourth-order valence-electron chi connectivity index (χ4n) is 2.36. The van der Waals surface area contributed by atoms with E-state index in [9.17, 15) is 0 Å². The van der Waals surface area contributed by atoms with Gasteiger partial charge in [0, 0.05) is 19.8 Å². The van der Waals surface area contributed by atoms with Crippen LogP contribution in [0, 0.1) is 5.92 Å². The lowest BCUT2D eigenvalue weighted by atomic mass is 9.98. The van der Waals surface area contributed by atoms with Gasteiger partial charge in [-0.25, -0.2) is 0 Å². The summed E-state index contributed by atoms with van der Waals surface area (Å²) >= 11 is 0. The fourth-order valence-corrected chi connectivity index (χ4v) is 2.36. The Morgan fingerprint density at radius 1 is 1.21 bits per heavy atom. The molecule has 2 rings (SSSR count). The molecule has 1 saturated carbocycles. The normalized spacial score (nSPS) is 18.1. The predicted molar refractivity (Wildman–Crippen MR) is 74.3 cm³/mol. The van der Waals surface area contributed by atoms with Crippen LogP contribution in [-0.4, -0.2) is 33.5 Å². The van der Waals surface area contributed by atoms with Crippen molar-refractivity contribution >= 4 is 0 Å². The molecule has 1 aliphatic carbocycles. The summed E-state index contributed by atoms with van der Waals surface area (Å²) in [5.74, 6) is 1.42. The lowest BCUT2D eigenvalue weighted by Gasteiger charge is -2.24. The van der Waals surface area contributed by atoms with Crippen LogP contribution in [0.25, 0.3) is 0 Å². The van der Waals surface area contributed by atoms with E-state index in [0.717, 1.165) is 11.3 Å². The molecule has 0 spiro atoms. The van der Waals surface area contributed by atoms with Crippen molar-refractivity contribution in [3.05, 3.63) is 29.8 Å². The number of benzene rings is 1. The molecule has 2 unspecified atom stereocenters. The Labute approximate surface area is 114 Å². The Morgan fingerprint density at radius 2 is 1.95 bits per heavy atom. The van der Waals surface area contributed by atoms with Crippen LogP contribution in [0.5, 0.6) is 5.75 Å². The van der Waals surface area contributed by atoms with Crippen LogP contribution < -0.4 is 10.5 Å². The Balaban J connectivity index is 2.08. The first kappa shape index (κ1) is 14.3. The zero-order valence-electron chi connectivity index (χ0n) is 11.7. The molecule has 19 heavy (non-hydrogen) atoms. The zero-order valence-corrected chi connectivity index (χ0v) is 11.7. The van der Waals surface area contributed by atoms with Gasteiger partial charge < -0.3 is 19.9 Å². The van der Waals surface area contributed by atoms with Gasteiger partial charge in [0.2, 0.25) is 0 Å². The molecule has 2 atom stereocenters. The fraction of sp³-hybridized carbons (Fsp3) is 0.600. The molecule has 1 aromatic rings. The van der Waals surface area contributed by atoms with Crippen molar-refractivity contribution < 1.29 is 14.2 Å². The van der Waals surface area contributed by atoms with Gasteiger partial charge in [-0.15, -0.1) is 0 Å². The van der Waals surface area contributed by atoms with Gasteiger partial charge in [0.1, 0.15) is 12.4 Å². The van der Waals surface area contributed by atoms with Crippen LogP contribution in [0.1, 0.15) is 24.4 Å². The van der Waals surface area contributed by atoms with Crippen LogP contribution in [0.3, 0.4) is 0 Å². The van der Waals surface area contributed by atoms with E-state index in [2.05, 4.69) is 0 Å². The third kappa shape index (κ3) is 3.69. The van der Waals surface area contributed by atoms with Crippen molar-refractivity contribution in [2.75, 3.05) is 27.4 Å². The minimum Gasteiger partial charge on any atom is -0.491 e. The van der Waals surface area contributed by atoms with Crippen molar-refractivity contribution in [2.24, 2.45) is 11.7 Å². The van der Waals surface area contributed by atoms with Gasteiger partial charge in [-0.05, 0) is 24.8 Å². The molecule has 0 saturated heterocycles. The first-order valence-electron chi connectivity index (χ1n) is 6.77. The second-order valence-electron chi connectivity index (χ2n) is 4.94. The van der Waals surface area contributed by atoms with Crippen molar-refractivity contribution in [2.45, 2.75) is 25.0 Å². The number of hydrogen-bond donors (Lipinski definition) is 1. The van der Waals surface area contributed by atoms with Crippen LogP contribution in [-0.2, 0) is 9.47 Å². The monoisotopic (exact) mass is 265 g/mol. The third-order valence-corrected chi connectivity index (χ3v) is 3.54. The predicted octanol–water partition coefficient (Wildman–Crippen LogP) is 2.14. The van der Waals surface area contributed by atoms with Crippen LogP contribution in [0.2, 0.25) is 0 Å². The highest BCUT2D eigenvalue weighted by Crippen LogP contribution is 2.40. The van der Waals surface area contributed by atoms with Gasteiger partial charge >= 0.3 is 0 Å². The molecule has 4 heteroatoms. The van der Waals surface area contributed by atoms with Crippen LogP contribution >= 0.6 is 0 Å². The maximum absolute atomic E-state index is 6.36. The third-order valence-electron chi connectivity index (χ3n) is 3.54. The Bertz CT molecular complexity index is 393. The molecule has 0 amide bonds. The summed E-state index contributed by atoms with van der Waals surface area (Å²) in [4.78, 5) is 0. The van der Waals surface area contributed by atoms with Crippen LogP contribution in [0.4, 0.5) is 0 Å². The Hall–Kier alpha value is -1.10. The molecule has 0 aromatic heterocycles. The quantitative estimate of drug-likeness (QED) is 0.732. The molecule has 1 aliphatic rings. The average molecular weight is 265 g/mol. The lowest BCUT2D eigenvalue weighted by molar-refractivity contribution is 0.0611. The number of hydrogen-bond acceptors (Lipinski definition) is 4. The van der Waals surface area contributed by atoms with E-state index < -0.39 is 0 Å². The summed E-state index contributed by atoms with van der Waals surface area (Å²) < 4.78 is 16.3. The first-order valence-corrected chi connectivity index (χ1v) is 6.77. The SMILES string of the molecule is COCCOc1ccccc1C(N)C(OC)C1CC1. The van der Waals surface area contributed by atoms with Crippen LogP contribution in [0.15, 0.2) is 24.3 Å². The molecule has 0 radical (unpaired) electrons. The number of methoxy groups -OCH3 is 2. The van der Waals surface area contributed by atoms with E-state index in [1.54, 1.807) is 14.2 Å². The maximum Gasteiger partial charge on any atom is 0.124 e. The summed E-state index contributed by atoms with van der Waals surface area (Å²) in [6.45, 7) is 1.10. The zero-order chi connectivity index (χ0) is 13.7. The van der Waals surface area contributed by atoms with Gasteiger partial charge in [-0.1, -0.05) is 18.2 Å². The molecule has 0 aliphatic heterocycles. The minimum absolute atomic E-state index is 0.0761. The smallest absolute Gasteiger partial charge is 0.124 e. The van der Waals surface area contributed by atoms with Crippen molar-refractivity contribution in [3.8, 4) is 5.75 Å². The van der Waals surface area contributed by atoms with E-state index in [-0.39, 0.29) is 12.1 Å². The highest BCUT2D eigenvalue weighted by Gasteiger charge is 2.36. The Morgan fingerprint density at radius 3 is 2.58 bits per heavy atom. The largest absolute Gasteiger partial charge is 0.491 e. The molecule has 1 aromatic carbocycles. The van der Waals surface area contributed by atoms with Crippen molar-refractivity contribution in [1.29, 1.82) is 0 Å². The summed E-state index contributed by atoms with van der Waals surface area (Å²) in [5, 5.41) is 0. The van der Waals surface area contributed by atoms with Crippen molar-refractivity contribution in [3.63, 3.8) is 0 Å². The number of ether oxygens (including phenoxy) is 3. The second-order valence-corrected chi connectivity index (χ2v) is 4.94. The van der Waals surface area contributed by atoms with Crippen molar-refractivity contribution in [1.82, 2.24) is 0 Å². The van der Waals surface area contributed by atoms with Gasteiger partial charge in [0.25, 0.3) is 0 Å². The van der Waals surface area contributed by atoms with E-state index in [1.807, 2.05) is 24.3 Å². The van der Waals surface area contributed by atoms with E-state index >= 15 is 0 Å². The minimum atomic E-state index is -0.142. The first-order chi connectivity index (χ1) is 9.27. The summed E-state index contributed by atoms with van der Waals surface area (Å²) in [6.07, 6.45) is 2.49. The summed E-state index contributed by atoms with van der Waals surface area (Å²) in [5.41, 5.74) is 7.37. The number of para-hydroxylation sites is 1. The molecular weight excluding hydrogens is 242 g/mol. The van der Waals surface area contributed by atoms with Gasteiger partial charge in [-0.3, -0.25) is 0 Å². The molecule has 0 bridgehead atoms. The number of rotatable bonds is 8. The second kappa shape index (κ2) is 6.89. The molecule has 106 valence electrons. The standard InChI is InChI=1S/C15H23NO3/c1-17-9-10-19-13-6-4-3-5-12(13)14(16)15(18-2)11-7-8-11/h3-6,11,14-15H,7-10,16H2,1-2H3. The topological polar surface area (TPSA) is 53.7 Å². The summed E-state index contributed by atoms with van der Waals surface area (Å²) in [6, 6.07) is 7.76. The lowest BCUT2D eigenvalue weighted by Crippen LogP contribution is -2.30. The summed E-state index contributed by atoms with van der Waals surface area (Å²) in [7, 11) is 3.40. The molecule has 1 fully saturated rings. The van der Waals surface area contributed by atoms with Gasteiger partial charge in [-0.2, -0.15) is 0 Å². The average Bonchev–Trinajstić information content (AvgIpc) is 3.25. The van der Waals surface area contributed by atoms with Gasteiger partial charge in [0.05, 0.1) is 18.8 Å². The highest BCUT2D eigenvalue weighted by molar-refractivity contribution is 5.36. The van der Waals surface area contributed by atoms with E-state index in [0.29, 0.717) is 19.1 Å². The maximum atomic E-state index is 6.36. The van der Waals surface area contributed by atoms with Gasteiger partial charge in [0.15, 0.2) is 0 Å². The number of nitrogens with two attached hydrogens (primary N) is 1. The Kier molecular flexibility index (Phi) is 5.19. The van der Waals surface area contributed by atoms with E-state index in [4.69, 9.17) is 19.9 Å². The van der Waals surface area contributed by atoms with E-state index in [1.165, 1.54) is 12.8 Å².